The average molecular weight is 573 g/mol. The van der Waals surface area contributed by atoms with Gasteiger partial charge in [0, 0.05) is 43.3 Å². The smallest absolute Gasteiger partial charge is 0.273 e. The van der Waals surface area contributed by atoms with Gasteiger partial charge in [-0.15, -0.1) is 0 Å². The summed E-state index contributed by atoms with van der Waals surface area (Å²) in [4.78, 5) is 23.9. The maximum Gasteiger partial charge on any atom is 0.273 e. The van der Waals surface area contributed by atoms with E-state index in [0.717, 1.165) is 11.4 Å². The Kier molecular flexibility index (Phi) is 8.72. The monoisotopic (exact) mass is 572 g/mol. The number of furan rings is 2. The topological polar surface area (TPSA) is 172 Å². The molecule has 216 valence electrons. The molecule has 0 radical (unpaired) electrons. The molecule has 0 aliphatic rings. The zero-order chi connectivity index (χ0) is 29.3. The third-order valence-corrected chi connectivity index (χ3v) is 5.95. The van der Waals surface area contributed by atoms with Crippen LogP contribution < -0.4 is 10.6 Å². The third kappa shape index (κ3) is 7.10. The van der Waals surface area contributed by atoms with Crippen LogP contribution in [0, 0.1) is 13.8 Å². The number of nitrogens with one attached hydrogen (secondary N) is 2. The SMILES string of the molecule is Cc1ccn(CCNC(=O)c2cc(-c3ccco3)on2)n1.Cc1ccnn1CCNC(=O)c1cc(-c2ccco2)on1. The Morgan fingerprint density at radius 3 is 1.86 bits per heavy atom. The molecule has 42 heavy (non-hydrogen) atoms. The van der Waals surface area contributed by atoms with Crippen LogP contribution >= 0.6 is 0 Å². The lowest BCUT2D eigenvalue weighted by Crippen LogP contribution is -2.27. The predicted octanol–water partition coefficient (Wildman–Crippen LogP) is 3.74. The number of aromatic nitrogens is 6. The molecule has 0 saturated carbocycles. The molecule has 6 heterocycles. The minimum absolute atomic E-state index is 0.220. The van der Waals surface area contributed by atoms with Crippen molar-refractivity contribution in [3.05, 3.63) is 96.2 Å². The first kappa shape index (κ1) is 27.9. The Hall–Kier alpha value is -5.66. The van der Waals surface area contributed by atoms with Crippen LogP contribution in [0.4, 0.5) is 0 Å². The fourth-order valence-corrected chi connectivity index (χ4v) is 3.80. The second-order valence-electron chi connectivity index (χ2n) is 9.04. The highest BCUT2D eigenvalue weighted by Crippen LogP contribution is 2.21. The van der Waals surface area contributed by atoms with Crippen molar-refractivity contribution in [3.8, 4) is 23.0 Å². The number of hydrogen-bond acceptors (Lipinski definition) is 10. The first-order valence-electron chi connectivity index (χ1n) is 13.0. The van der Waals surface area contributed by atoms with E-state index in [1.807, 2.05) is 36.9 Å². The van der Waals surface area contributed by atoms with Gasteiger partial charge in [0.25, 0.3) is 11.8 Å². The Morgan fingerprint density at radius 2 is 1.38 bits per heavy atom. The maximum absolute atomic E-state index is 11.9. The van der Waals surface area contributed by atoms with Crippen molar-refractivity contribution in [2.75, 3.05) is 13.1 Å². The molecule has 0 bridgehead atoms. The largest absolute Gasteiger partial charge is 0.461 e. The molecular weight excluding hydrogens is 544 g/mol. The molecule has 2 amide bonds. The number of aryl methyl sites for hydroxylation is 2. The molecular formula is C28H28N8O6. The Morgan fingerprint density at radius 1 is 0.786 bits per heavy atom. The lowest BCUT2D eigenvalue weighted by molar-refractivity contribution is 0.0934. The van der Waals surface area contributed by atoms with Crippen molar-refractivity contribution >= 4 is 11.8 Å². The van der Waals surface area contributed by atoms with Gasteiger partial charge < -0.3 is 28.5 Å². The van der Waals surface area contributed by atoms with Crippen LogP contribution in [-0.4, -0.2) is 54.8 Å². The predicted molar refractivity (Wildman–Crippen MR) is 147 cm³/mol. The summed E-state index contributed by atoms with van der Waals surface area (Å²) in [5, 5.41) is 21.4. The van der Waals surface area contributed by atoms with Gasteiger partial charge in [-0.1, -0.05) is 10.3 Å². The number of rotatable bonds is 10. The molecule has 0 aromatic carbocycles. The molecule has 0 fully saturated rings. The lowest BCUT2D eigenvalue weighted by Gasteiger charge is -2.05. The van der Waals surface area contributed by atoms with Gasteiger partial charge in [-0.05, 0) is 50.2 Å². The molecule has 14 heteroatoms. The van der Waals surface area contributed by atoms with E-state index in [1.54, 1.807) is 47.3 Å². The first-order valence-corrected chi connectivity index (χ1v) is 13.0. The molecule has 0 saturated heterocycles. The lowest BCUT2D eigenvalue weighted by atomic mass is 10.3. The molecule has 6 aromatic rings. The summed E-state index contributed by atoms with van der Waals surface area (Å²) in [5.41, 5.74) is 2.43. The highest BCUT2D eigenvalue weighted by molar-refractivity contribution is 5.93. The van der Waals surface area contributed by atoms with Crippen molar-refractivity contribution in [2.45, 2.75) is 26.9 Å². The van der Waals surface area contributed by atoms with E-state index in [0.29, 0.717) is 49.2 Å². The summed E-state index contributed by atoms with van der Waals surface area (Å²) in [6.45, 7) is 6.01. The summed E-state index contributed by atoms with van der Waals surface area (Å²) >= 11 is 0. The molecule has 14 nitrogen and oxygen atoms in total. The quantitative estimate of drug-likeness (QED) is 0.246. The minimum Gasteiger partial charge on any atom is -0.461 e. The van der Waals surface area contributed by atoms with Gasteiger partial charge >= 0.3 is 0 Å². The number of hydrogen-bond donors (Lipinski definition) is 2. The molecule has 0 aliphatic heterocycles. The summed E-state index contributed by atoms with van der Waals surface area (Å²) in [6.07, 6.45) is 6.66. The fourth-order valence-electron chi connectivity index (χ4n) is 3.80. The van der Waals surface area contributed by atoms with Crippen LogP contribution in [-0.2, 0) is 13.1 Å². The maximum atomic E-state index is 11.9. The molecule has 6 rings (SSSR count). The van der Waals surface area contributed by atoms with E-state index >= 15 is 0 Å². The Balaban J connectivity index is 0.000000168. The van der Waals surface area contributed by atoms with Gasteiger partial charge in [0.15, 0.2) is 22.9 Å². The summed E-state index contributed by atoms with van der Waals surface area (Å²) < 4.78 is 24.1. The minimum atomic E-state index is -0.291. The normalized spacial score (nSPS) is 10.7. The van der Waals surface area contributed by atoms with E-state index in [-0.39, 0.29) is 23.2 Å². The standard InChI is InChI=1S/2C14H14N4O3/c1-10-4-6-18(16-10)7-5-15-14(19)11-9-13(21-17-11)12-3-2-8-20-12;1-10-4-5-16-18(10)7-6-15-14(19)11-9-13(21-17-11)12-3-2-8-20-12/h2-4,6,8-9H,5,7H2,1H3,(H,15,19);2-5,8-9H,6-7H2,1H3,(H,15,19). The van der Waals surface area contributed by atoms with Gasteiger partial charge in [0.1, 0.15) is 0 Å². The third-order valence-electron chi connectivity index (χ3n) is 5.95. The van der Waals surface area contributed by atoms with Crippen LogP contribution in [0.25, 0.3) is 23.0 Å². The average Bonchev–Trinajstić information content (AvgIpc) is 3.82. The molecule has 6 aromatic heterocycles. The molecule has 0 atom stereocenters. The van der Waals surface area contributed by atoms with E-state index in [4.69, 9.17) is 17.9 Å². The van der Waals surface area contributed by atoms with Crippen molar-refractivity contribution in [2.24, 2.45) is 0 Å². The number of carbonyl (C=O) groups excluding carboxylic acids is 2. The Bertz CT molecular complexity index is 1710. The van der Waals surface area contributed by atoms with Gasteiger partial charge in [0.2, 0.25) is 11.5 Å². The Labute approximate surface area is 239 Å². The second kappa shape index (κ2) is 13.1. The van der Waals surface area contributed by atoms with Crippen molar-refractivity contribution in [1.29, 1.82) is 0 Å². The summed E-state index contributed by atoms with van der Waals surface area (Å²) in [7, 11) is 0. The van der Waals surface area contributed by atoms with Crippen LogP contribution in [0.1, 0.15) is 32.4 Å². The van der Waals surface area contributed by atoms with E-state index in [9.17, 15) is 9.59 Å². The van der Waals surface area contributed by atoms with E-state index < -0.39 is 0 Å². The zero-order valence-corrected chi connectivity index (χ0v) is 22.9. The van der Waals surface area contributed by atoms with Crippen molar-refractivity contribution in [3.63, 3.8) is 0 Å². The van der Waals surface area contributed by atoms with Crippen molar-refractivity contribution < 1.29 is 27.5 Å². The van der Waals surface area contributed by atoms with Crippen LogP contribution in [0.3, 0.4) is 0 Å². The molecule has 0 aliphatic carbocycles. The first-order chi connectivity index (χ1) is 20.5. The highest BCUT2D eigenvalue weighted by atomic mass is 16.5. The van der Waals surface area contributed by atoms with E-state index in [1.165, 1.54) is 12.5 Å². The highest BCUT2D eigenvalue weighted by Gasteiger charge is 2.16. The van der Waals surface area contributed by atoms with E-state index in [2.05, 4.69) is 31.1 Å². The number of carbonyl (C=O) groups is 2. The second-order valence-corrected chi connectivity index (χ2v) is 9.04. The summed E-state index contributed by atoms with van der Waals surface area (Å²) in [6, 6.07) is 13.9. The van der Waals surface area contributed by atoms with Crippen LogP contribution in [0.15, 0.2) is 91.3 Å². The number of amides is 2. The molecule has 0 unspecified atom stereocenters. The van der Waals surface area contributed by atoms with Crippen LogP contribution in [0.5, 0.6) is 0 Å². The van der Waals surface area contributed by atoms with Crippen LogP contribution in [0.2, 0.25) is 0 Å². The van der Waals surface area contributed by atoms with Gasteiger partial charge in [-0.25, -0.2) is 0 Å². The van der Waals surface area contributed by atoms with Crippen molar-refractivity contribution in [1.82, 2.24) is 40.5 Å². The number of nitrogens with zero attached hydrogens (tertiary/aromatic N) is 6. The molecule has 0 spiro atoms. The fraction of sp³-hybridized carbons (Fsp3) is 0.214. The summed E-state index contributed by atoms with van der Waals surface area (Å²) in [5.74, 6) is 1.34. The van der Waals surface area contributed by atoms with Gasteiger partial charge in [-0.3, -0.25) is 19.0 Å². The van der Waals surface area contributed by atoms with Gasteiger partial charge in [-0.2, -0.15) is 10.2 Å². The molecule has 2 N–H and O–H groups in total. The zero-order valence-electron chi connectivity index (χ0n) is 22.9. The van der Waals surface area contributed by atoms with Gasteiger partial charge in [0.05, 0.1) is 31.3 Å².